The highest BCUT2D eigenvalue weighted by molar-refractivity contribution is 14.1. The number of carbonyl (C=O) groups is 1. The first-order chi connectivity index (χ1) is 9.04. The molecule has 1 aromatic carbocycles. The second-order valence-electron chi connectivity index (χ2n) is 4.52. The van der Waals surface area contributed by atoms with Gasteiger partial charge in [0.05, 0.1) is 5.69 Å². The van der Waals surface area contributed by atoms with Crippen LogP contribution in [0.15, 0.2) is 18.2 Å². The highest BCUT2D eigenvalue weighted by Gasteiger charge is 2.31. The summed E-state index contributed by atoms with van der Waals surface area (Å²) in [5, 5.41) is 18.2. The lowest BCUT2D eigenvalue weighted by atomic mass is 10.1. The third kappa shape index (κ3) is 2.99. The molecule has 7 heteroatoms. The van der Waals surface area contributed by atoms with Crippen molar-refractivity contribution in [3.63, 3.8) is 0 Å². The lowest BCUT2D eigenvalue weighted by Gasteiger charge is -2.24. The van der Waals surface area contributed by atoms with E-state index in [1.807, 2.05) is 0 Å². The lowest BCUT2D eigenvalue weighted by Crippen LogP contribution is -2.37. The van der Waals surface area contributed by atoms with E-state index >= 15 is 0 Å². The minimum Gasteiger partial charge on any atom is -0.309 e. The summed E-state index contributed by atoms with van der Waals surface area (Å²) in [5.74, 6) is 0.00908. The molecule has 6 nitrogen and oxygen atoms in total. The summed E-state index contributed by atoms with van der Waals surface area (Å²) < 4.78 is 3.05. The highest BCUT2D eigenvalue weighted by Crippen LogP contribution is 2.35. The summed E-state index contributed by atoms with van der Waals surface area (Å²) in [6, 6.07) is 5.15. The summed E-state index contributed by atoms with van der Waals surface area (Å²) in [6.07, 6.45) is 1.59. The van der Waals surface area contributed by atoms with Crippen LogP contribution in [0.2, 0.25) is 0 Å². The number of anilines is 2. The maximum absolute atomic E-state index is 11.8. The summed E-state index contributed by atoms with van der Waals surface area (Å²) in [6.45, 7) is 2.37. The molecule has 1 aliphatic heterocycles. The maximum atomic E-state index is 11.8. The zero-order valence-corrected chi connectivity index (χ0v) is 12.7. The van der Waals surface area contributed by atoms with E-state index in [2.05, 4.69) is 26.4 Å². The first-order valence-corrected chi connectivity index (χ1v) is 7.06. The second kappa shape index (κ2) is 6.04. The third-order valence-corrected chi connectivity index (χ3v) is 3.82. The Morgan fingerprint density at radius 3 is 2.89 bits per heavy atom. The van der Waals surface area contributed by atoms with Crippen molar-refractivity contribution >= 4 is 40.1 Å². The normalized spacial score (nSPS) is 17.5. The number of nitrogens with one attached hydrogen (secondary N) is 1. The molecule has 0 radical (unpaired) electrons. The van der Waals surface area contributed by atoms with E-state index in [0.29, 0.717) is 5.69 Å². The number of rotatable bonds is 4. The fourth-order valence-corrected chi connectivity index (χ4v) is 2.83. The predicted octanol–water partition coefficient (Wildman–Crippen LogP) is 1.88. The third-order valence-electron chi connectivity index (χ3n) is 3.29. The molecular formula is C12H16IN3O3. The van der Waals surface area contributed by atoms with Gasteiger partial charge in [0.1, 0.15) is 0 Å². The Kier molecular flexibility index (Phi) is 4.61. The van der Waals surface area contributed by atoms with Gasteiger partial charge in [-0.05, 0) is 36.6 Å². The monoisotopic (exact) mass is 377 g/mol. The summed E-state index contributed by atoms with van der Waals surface area (Å²) >= 11 is 2.09. The molecular weight excluding hydrogens is 361 g/mol. The van der Waals surface area contributed by atoms with Crippen LogP contribution in [0, 0.1) is 0 Å². The van der Waals surface area contributed by atoms with E-state index in [-0.39, 0.29) is 17.2 Å². The first kappa shape index (κ1) is 14.5. The molecule has 0 fully saturated rings. The van der Waals surface area contributed by atoms with Crippen molar-refractivity contribution in [3.05, 3.63) is 23.8 Å². The van der Waals surface area contributed by atoms with Gasteiger partial charge in [-0.3, -0.25) is 18.7 Å². The summed E-state index contributed by atoms with van der Waals surface area (Å²) in [4.78, 5) is 13.6. The van der Waals surface area contributed by atoms with Crippen LogP contribution in [-0.2, 0) is 11.2 Å². The largest absolute Gasteiger partial charge is 0.309 e. The molecule has 104 valence electrons. The van der Waals surface area contributed by atoms with Crippen LogP contribution in [-0.4, -0.2) is 28.9 Å². The average Bonchev–Trinajstić information content (AvgIpc) is 2.73. The van der Waals surface area contributed by atoms with E-state index in [4.69, 9.17) is 10.4 Å². The van der Waals surface area contributed by atoms with Crippen LogP contribution in [0.5, 0.6) is 0 Å². The molecule has 0 saturated heterocycles. The molecule has 0 spiro atoms. The van der Waals surface area contributed by atoms with Crippen molar-refractivity contribution in [2.45, 2.75) is 25.8 Å². The molecule has 1 atom stereocenters. The number of benzene rings is 1. The molecule has 1 amide bonds. The molecule has 0 bridgehead atoms. The van der Waals surface area contributed by atoms with Crippen molar-refractivity contribution in [2.75, 3.05) is 16.7 Å². The van der Waals surface area contributed by atoms with Crippen LogP contribution in [0.4, 0.5) is 11.4 Å². The van der Waals surface area contributed by atoms with Gasteiger partial charge < -0.3 is 4.90 Å². The molecule has 2 rings (SSSR count). The van der Waals surface area contributed by atoms with Crippen molar-refractivity contribution in [3.8, 4) is 0 Å². The van der Waals surface area contributed by atoms with Gasteiger partial charge in [0.2, 0.25) is 5.91 Å². The standard InChI is InChI=1S/C12H16IN3O3/c1-8(17)15-10(4-5-14-13)6-9-7-11(16(18)19)2-3-12(9)15/h2-3,7,10,14,18-19H,4-6H2,1H3. The van der Waals surface area contributed by atoms with Gasteiger partial charge in [-0.1, -0.05) is 0 Å². The molecule has 1 unspecified atom stereocenters. The number of amides is 1. The zero-order chi connectivity index (χ0) is 14.0. The Labute approximate surface area is 125 Å². The SMILES string of the molecule is CC(=O)N1c2ccc(N(O)O)cc2CC1CCNI. The van der Waals surface area contributed by atoms with Gasteiger partial charge >= 0.3 is 0 Å². The topological polar surface area (TPSA) is 76.0 Å². The second-order valence-corrected chi connectivity index (χ2v) is 5.28. The molecule has 19 heavy (non-hydrogen) atoms. The Bertz CT molecular complexity index is 481. The van der Waals surface area contributed by atoms with Gasteiger partial charge in [0.25, 0.3) is 0 Å². The van der Waals surface area contributed by atoms with Gasteiger partial charge in [-0.25, -0.2) is 0 Å². The first-order valence-electron chi connectivity index (χ1n) is 5.98. The van der Waals surface area contributed by atoms with Gasteiger partial charge in [0.15, 0.2) is 0 Å². The summed E-state index contributed by atoms with van der Waals surface area (Å²) in [5.41, 5.74) is 2.12. The Balaban J connectivity index is 2.29. The fourth-order valence-electron chi connectivity index (χ4n) is 2.52. The number of hydrogen-bond donors (Lipinski definition) is 3. The van der Waals surface area contributed by atoms with E-state index in [1.165, 1.54) is 0 Å². The van der Waals surface area contributed by atoms with Crippen LogP contribution in [0.25, 0.3) is 0 Å². The van der Waals surface area contributed by atoms with Crippen molar-refractivity contribution in [1.82, 2.24) is 3.53 Å². The van der Waals surface area contributed by atoms with E-state index in [1.54, 1.807) is 30.0 Å². The number of fused-ring (bicyclic) bond motifs is 1. The molecule has 0 aliphatic carbocycles. The van der Waals surface area contributed by atoms with Crippen molar-refractivity contribution < 1.29 is 15.2 Å². The number of nitrogens with zero attached hydrogens (tertiary/aromatic N) is 2. The van der Waals surface area contributed by atoms with Crippen LogP contribution < -0.4 is 13.7 Å². The summed E-state index contributed by atoms with van der Waals surface area (Å²) in [7, 11) is 0. The zero-order valence-electron chi connectivity index (χ0n) is 10.5. The van der Waals surface area contributed by atoms with Crippen molar-refractivity contribution in [1.29, 1.82) is 0 Å². The number of halogens is 1. The highest BCUT2D eigenvalue weighted by atomic mass is 127. The average molecular weight is 377 g/mol. The Morgan fingerprint density at radius 2 is 2.32 bits per heavy atom. The maximum Gasteiger partial charge on any atom is 0.224 e. The minimum absolute atomic E-state index is 0.00908. The van der Waals surface area contributed by atoms with E-state index in [9.17, 15) is 4.79 Å². The Morgan fingerprint density at radius 1 is 1.58 bits per heavy atom. The molecule has 1 aromatic rings. The van der Waals surface area contributed by atoms with Crippen LogP contribution >= 0.6 is 22.9 Å². The molecule has 1 heterocycles. The molecule has 0 saturated carbocycles. The fraction of sp³-hybridized carbons (Fsp3) is 0.417. The number of hydrogen-bond acceptors (Lipinski definition) is 5. The van der Waals surface area contributed by atoms with Gasteiger partial charge in [0, 0.05) is 48.1 Å². The number of carbonyl (C=O) groups excluding carboxylic acids is 1. The van der Waals surface area contributed by atoms with E-state index < -0.39 is 0 Å². The van der Waals surface area contributed by atoms with E-state index in [0.717, 1.165) is 30.6 Å². The molecule has 3 N–H and O–H groups in total. The van der Waals surface area contributed by atoms with Gasteiger partial charge in [-0.2, -0.15) is 0 Å². The smallest absolute Gasteiger partial charge is 0.224 e. The quantitative estimate of drug-likeness (QED) is 0.425. The Hall–Kier alpha value is -0.900. The van der Waals surface area contributed by atoms with Crippen LogP contribution in [0.3, 0.4) is 0 Å². The minimum atomic E-state index is 0.00908. The van der Waals surface area contributed by atoms with Crippen molar-refractivity contribution in [2.24, 2.45) is 0 Å². The predicted molar refractivity (Wildman–Crippen MR) is 79.8 cm³/mol. The molecule has 0 aromatic heterocycles. The molecule has 1 aliphatic rings. The van der Waals surface area contributed by atoms with Gasteiger partial charge in [-0.15, -0.1) is 5.23 Å². The van der Waals surface area contributed by atoms with Crippen LogP contribution in [0.1, 0.15) is 18.9 Å². The lowest BCUT2D eigenvalue weighted by molar-refractivity contribution is -0.116.